The molecule has 1 aromatic rings. The van der Waals surface area contributed by atoms with E-state index in [2.05, 4.69) is 10.6 Å². The van der Waals surface area contributed by atoms with E-state index >= 15 is 0 Å². The number of aliphatic hydroxyl groups is 1. The van der Waals surface area contributed by atoms with Crippen molar-refractivity contribution in [1.82, 2.24) is 10.6 Å². The summed E-state index contributed by atoms with van der Waals surface area (Å²) < 4.78 is 0. The lowest BCUT2D eigenvalue weighted by atomic mass is 10.2. The molecule has 0 aliphatic heterocycles. The number of aliphatic carboxylic acids is 1. The van der Waals surface area contributed by atoms with Crippen molar-refractivity contribution < 1.29 is 19.8 Å². The SMILES string of the molecule is CC(NC(=O)N[C@@H](CCO)C(=O)O)c1ccsc1. The largest absolute Gasteiger partial charge is 0.480 e. The van der Waals surface area contributed by atoms with Gasteiger partial charge in [0.25, 0.3) is 0 Å². The van der Waals surface area contributed by atoms with Crippen molar-refractivity contribution in [2.75, 3.05) is 6.61 Å². The van der Waals surface area contributed by atoms with E-state index in [4.69, 9.17) is 10.2 Å². The highest BCUT2D eigenvalue weighted by molar-refractivity contribution is 7.07. The van der Waals surface area contributed by atoms with Gasteiger partial charge in [0.1, 0.15) is 6.04 Å². The number of urea groups is 1. The summed E-state index contributed by atoms with van der Waals surface area (Å²) in [6.07, 6.45) is -0.0183. The number of carbonyl (C=O) groups is 2. The molecule has 0 spiro atoms. The van der Waals surface area contributed by atoms with Gasteiger partial charge in [0.15, 0.2) is 0 Å². The third kappa shape index (κ3) is 4.34. The molecule has 6 nitrogen and oxygen atoms in total. The lowest BCUT2D eigenvalue weighted by molar-refractivity contribution is -0.139. The van der Waals surface area contributed by atoms with Gasteiger partial charge in [0.2, 0.25) is 0 Å². The Labute approximate surface area is 109 Å². The molecule has 0 radical (unpaired) electrons. The maximum absolute atomic E-state index is 11.6. The van der Waals surface area contributed by atoms with Crippen LogP contribution < -0.4 is 10.6 Å². The van der Waals surface area contributed by atoms with Crippen molar-refractivity contribution in [1.29, 1.82) is 0 Å². The van der Waals surface area contributed by atoms with E-state index in [9.17, 15) is 9.59 Å². The minimum Gasteiger partial charge on any atom is -0.480 e. The summed E-state index contributed by atoms with van der Waals surface area (Å²) >= 11 is 1.52. The molecule has 0 fully saturated rings. The quantitative estimate of drug-likeness (QED) is 0.619. The van der Waals surface area contributed by atoms with Gasteiger partial charge in [-0.15, -0.1) is 0 Å². The molecule has 1 unspecified atom stereocenters. The molecule has 0 saturated carbocycles. The zero-order chi connectivity index (χ0) is 13.5. The van der Waals surface area contributed by atoms with Crippen molar-refractivity contribution in [3.63, 3.8) is 0 Å². The maximum atomic E-state index is 11.6. The van der Waals surface area contributed by atoms with Gasteiger partial charge in [-0.25, -0.2) is 9.59 Å². The molecule has 18 heavy (non-hydrogen) atoms. The first kappa shape index (κ1) is 14.5. The van der Waals surface area contributed by atoms with Gasteiger partial charge in [0.05, 0.1) is 6.04 Å². The number of carbonyl (C=O) groups excluding carboxylic acids is 1. The predicted octanol–water partition coefficient (Wildman–Crippen LogP) is 0.944. The van der Waals surface area contributed by atoms with Crippen LogP contribution >= 0.6 is 11.3 Å². The van der Waals surface area contributed by atoms with Gasteiger partial charge >= 0.3 is 12.0 Å². The number of nitrogens with one attached hydrogen (secondary N) is 2. The highest BCUT2D eigenvalue weighted by atomic mass is 32.1. The Balaban J connectivity index is 2.47. The number of thiophene rings is 1. The summed E-state index contributed by atoms with van der Waals surface area (Å²) in [6, 6.07) is 0.0527. The molecule has 2 amide bonds. The average molecular weight is 272 g/mol. The molecule has 0 aromatic carbocycles. The molecule has 7 heteroatoms. The van der Waals surface area contributed by atoms with Gasteiger partial charge in [-0.3, -0.25) is 0 Å². The van der Waals surface area contributed by atoms with Crippen LogP contribution in [0.1, 0.15) is 24.9 Å². The second-order valence-corrected chi connectivity index (χ2v) is 4.58. The first-order valence-electron chi connectivity index (χ1n) is 5.47. The molecule has 1 heterocycles. The van der Waals surface area contributed by atoms with Gasteiger partial charge in [-0.2, -0.15) is 11.3 Å². The standard InChI is InChI=1S/C11H16N2O4S/c1-7(8-3-5-18-6-8)12-11(17)13-9(2-4-14)10(15)16/h3,5-7,9,14H,2,4H2,1H3,(H,15,16)(H2,12,13,17)/t7?,9-/m0/s1. The van der Waals surface area contributed by atoms with Gasteiger partial charge in [-0.1, -0.05) is 0 Å². The van der Waals surface area contributed by atoms with Crippen molar-refractivity contribution >= 4 is 23.3 Å². The van der Waals surface area contributed by atoms with Crippen LogP contribution in [0.5, 0.6) is 0 Å². The van der Waals surface area contributed by atoms with Crippen LogP contribution in [0.4, 0.5) is 4.79 Å². The topological polar surface area (TPSA) is 98.7 Å². The van der Waals surface area contributed by atoms with Gasteiger partial charge in [0, 0.05) is 13.0 Å². The van der Waals surface area contributed by atoms with Crippen LogP contribution in [0.3, 0.4) is 0 Å². The molecule has 0 saturated heterocycles. The average Bonchev–Trinajstić information content (AvgIpc) is 2.81. The van der Waals surface area contributed by atoms with E-state index < -0.39 is 18.0 Å². The fourth-order valence-corrected chi connectivity index (χ4v) is 2.14. The summed E-state index contributed by atoms with van der Waals surface area (Å²) in [5.74, 6) is -1.16. The normalized spacial score (nSPS) is 13.7. The fraction of sp³-hybridized carbons (Fsp3) is 0.455. The first-order valence-corrected chi connectivity index (χ1v) is 6.41. The van der Waals surface area contributed by atoms with Gasteiger partial charge in [-0.05, 0) is 29.3 Å². The van der Waals surface area contributed by atoms with E-state index in [-0.39, 0.29) is 19.1 Å². The Hall–Kier alpha value is -1.60. The van der Waals surface area contributed by atoms with Crippen molar-refractivity contribution in [3.8, 4) is 0 Å². The predicted molar refractivity (Wildman–Crippen MR) is 67.5 cm³/mol. The molecule has 1 aromatic heterocycles. The summed E-state index contributed by atoms with van der Waals surface area (Å²) in [6.45, 7) is 1.51. The van der Waals surface area contributed by atoms with Crippen LogP contribution in [0.2, 0.25) is 0 Å². The Morgan fingerprint density at radius 1 is 1.44 bits per heavy atom. The molecule has 0 aliphatic rings. The summed E-state index contributed by atoms with van der Waals surface area (Å²) in [5, 5.41) is 26.3. The summed E-state index contributed by atoms with van der Waals surface area (Å²) in [5.41, 5.74) is 0.962. The van der Waals surface area contributed by atoms with Crippen LogP contribution in [-0.4, -0.2) is 34.9 Å². The summed E-state index contributed by atoms with van der Waals surface area (Å²) in [4.78, 5) is 22.4. The van der Waals surface area contributed by atoms with Crippen LogP contribution in [-0.2, 0) is 4.79 Å². The lowest BCUT2D eigenvalue weighted by Gasteiger charge is -2.17. The Morgan fingerprint density at radius 3 is 2.67 bits per heavy atom. The van der Waals surface area contributed by atoms with Gasteiger partial charge < -0.3 is 20.8 Å². The third-order valence-corrected chi connectivity index (χ3v) is 3.11. The van der Waals surface area contributed by atoms with Crippen molar-refractivity contribution in [3.05, 3.63) is 22.4 Å². The Kier molecular flexibility index (Phi) is 5.60. The molecule has 2 atom stereocenters. The van der Waals surface area contributed by atoms with Crippen LogP contribution in [0, 0.1) is 0 Å². The number of amides is 2. The molecule has 100 valence electrons. The first-order chi connectivity index (χ1) is 8.54. The number of rotatable bonds is 6. The molecule has 0 aliphatic carbocycles. The Bertz CT molecular complexity index is 394. The van der Waals surface area contributed by atoms with Crippen LogP contribution in [0.15, 0.2) is 16.8 Å². The smallest absolute Gasteiger partial charge is 0.326 e. The highest BCUT2D eigenvalue weighted by Crippen LogP contribution is 2.15. The van der Waals surface area contributed by atoms with E-state index in [0.29, 0.717) is 0 Å². The van der Waals surface area contributed by atoms with Crippen molar-refractivity contribution in [2.24, 2.45) is 0 Å². The third-order valence-electron chi connectivity index (χ3n) is 2.41. The van der Waals surface area contributed by atoms with E-state index in [1.165, 1.54) is 11.3 Å². The zero-order valence-corrected chi connectivity index (χ0v) is 10.7. The number of hydrogen-bond donors (Lipinski definition) is 4. The van der Waals surface area contributed by atoms with Crippen molar-refractivity contribution in [2.45, 2.75) is 25.4 Å². The fourth-order valence-electron chi connectivity index (χ4n) is 1.39. The van der Waals surface area contributed by atoms with E-state index in [1.54, 1.807) is 0 Å². The number of aliphatic hydroxyl groups excluding tert-OH is 1. The number of carboxylic acid groups (broad SMARTS) is 1. The molecular weight excluding hydrogens is 256 g/mol. The summed E-state index contributed by atoms with van der Waals surface area (Å²) in [7, 11) is 0. The minimum absolute atomic E-state index is 0.0183. The van der Waals surface area contributed by atoms with Crippen LogP contribution in [0.25, 0.3) is 0 Å². The maximum Gasteiger partial charge on any atom is 0.326 e. The zero-order valence-electron chi connectivity index (χ0n) is 9.92. The minimum atomic E-state index is -1.16. The lowest BCUT2D eigenvalue weighted by Crippen LogP contribution is -2.46. The van der Waals surface area contributed by atoms with E-state index in [0.717, 1.165) is 5.56 Å². The molecule has 1 rings (SSSR count). The molecule has 0 bridgehead atoms. The number of hydrogen-bond acceptors (Lipinski definition) is 4. The Morgan fingerprint density at radius 2 is 2.17 bits per heavy atom. The molecule has 4 N–H and O–H groups in total. The second kappa shape index (κ2) is 6.97. The monoisotopic (exact) mass is 272 g/mol. The second-order valence-electron chi connectivity index (χ2n) is 3.80. The molecular formula is C11H16N2O4S. The number of carboxylic acids is 1. The van der Waals surface area contributed by atoms with E-state index in [1.807, 2.05) is 23.8 Å². The highest BCUT2D eigenvalue weighted by Gasteiger charge is 2.20.